The highest BCUT2D eigenvalue weighted by molar-refractivity contribution is 7.80. The lowest BCUT2D eigenvalue weighted by Crippen LogP contribution is -2.34. The van der Waals surface area contributed by atoms with E-state index in [-0.39, 0.29) is 11.0 Å². The molecule has 0 radical (unpaired) electrons. The van der Waals surface area contributed by atoms with Gasteiger partial charge < -0.3 is 14.8 Å². The second-order valence-electron chi connectivity index (χ2n) is 5.00. The number of aromatic nitrogens is 1. The Morgan fingerprint density at radius 2 is 1.80 bits per heavy atom. The Bertz CT molecular complexity index is 885. The Morgan fingerprint density at radius 3 is 2.44 bits per heavy atom. The summed E-state index contributed by atoms with van der Waals surface area (Å²) in [4.78, 5) is 16.8. The number of anilines is 1. The lowest BCUT2D eigenvalue weighted by molar-refractivity contribution is 0.0977. The van der Waals surface area contributed by atoms with Gasteiger partial charge in [0.1, 0.15) is 11.5 Å². The fraction of sp³-hybridized carbons (Fsp3) is 0.118. The number of nitrogens with one attached hydrogen (secondary N) is 2. The molecule has 2 N–H and O–H groups in total. The van der Waals surface area contributed by atoms with Crippen molar-refractivity contribution >= 4 is 49.9 Å². The molecular weight excluding hydrogens is 358 g/mol. The van der Waals surface area contributed by atoms with Crippen molar-refractivity contribution in [2.75, 3.05) is 19.5 Å². The molecule has 0 unspecified atom stereocenters. The molecule has 0 bridgehead atoms. The van der Waals surface area contributed by atoms with Crippen LogP contribution >= 0.6 is 23.6 Å². The van der Waals surface area contributed by atoms with Gasteiger partial charge in [-0.1, -0.05) is 23.5 Å². The maximum absolute atomic E-state index is 12.4. The number of thiocarbonyl (C=S) groups is 1. The molecule has 25 heavy (non-hydrogen) atoms. The molecule has 3 rings (SSSR count). The number of fused-ring (bicyclic) bond motifs is 1. The number of carbonyl (C=O) groups excluding carboxylic acids is 1. The van der Waals surface area contributed by atoms with Gasteiger partial charge in [-0.25, -0.2) is 4.98 Å². The lowest BCUT2D eigenvalue weighted by atomic mass is 10.2. The van der Waals surface area contributed by atoms with Gasteiger partial charge in [0.2, 0.25) is 0 Å². The maximum atomic E-state index is 12.4. The van der Waals surface area contributed by atoms with Gasteiger partial charge in [-0.2, -0.15) is 0 Å². The highest BCUT2D eigenvalue weighted by Gasteiger charge is 2.12. The summed E-state index contributed by atoms with van der Waals surface area (Å²) in [5.74, 6) is 0.680. The Kier molecular flexibility index (Phi) is 5.11. The van der Waals surface area contributed by atoms with Crippen LogP contribution in [0.15, 0.2) is 42.5 Å². The van der Waals surface area contributed by atoms with Gasteiger partial charge in [-0.3, -0.25) is 10.1 Å². The molecule has 8 heteroatoms. The van der Waals surface area contributed by atoms with E-state index in [4.69, 9.17) is 21.7 Å². The summed E-state index contributed by atoms with van der Waals surface area (Å²) in [7, 11) is 3.05. The van der Waals surface area contributed by atoms with Crippen LogP contribution in [-0.4, -0.2) is 30.2 Å². The SMILES string of the molecule is COc1cc(OC)cc(C(=O)NC(=S)Nc2nc3ccccc3s2)c1. The van der Waals surface area contributed by atoms with Crippen LogP contribution in [0.2, 0.25) is 0 Å². The van der Waals surface area contributed by atoms with Crippen LogP contribution in [0.3, 0.4) is 0 Å². The van der Waals surface area contributed by atoms with Gasteiger partial charge >= 0.3 is 0 Å². The molecule has 128 valence electrons. The zero-order valence-corrected chi connectivity index (χ0v) is 15.2. The first kappa shape index (κ1) is 17.1. The van der Waals surface area contributed by atoms with Crippen molar-refractivity contribution in [1.82, 2.24) is 10.3 Å². The van der Waals surface area contributed by atoms with Gasteiger partial charge in [0.25, 0.3) is 5.91 Å². The first-order chi connectivity index (χ1) is 12.1. The van der Waals surface area contributed by atoms with Crippen molar-refractivity contribution < 1.29 is 14.3 Å². The average molecular weight is 373 g/mol. The molecule has 1 aromatic heterocycles. The number of ether oxygens (including phenoxy) is 2. The van der Waals surface area contributed by atoms with E-state index in [1.165, 1.54) is 25.6 Å². The number of nitrogens with zero attached hydrogens (tertiary/aromatic N) is 1. The van der Waals surface area contributed by atoms with Crippen molar-refractivity contribution in [2.24, 2.45) is 0 Å². The average Bonchev–Trinajstić information content (AvgIpc) is 3.03. The third-order valence-corrected chi connectivity index (χ3v) is 4.51. The second-order valence-corrected chi connectivity index (χ2v) is 6.44. The molecule has 0 saturated heterocycles. The van der Waals surface area contributed by atoms with E-state index in [9.17, 15) is 4.79 Å². The monoisotopic (exact) mass is 373 g/mol. The maximum Gasteiger partial charge on any atom is 0.257 e. The first-order valence-corrected chi connectivity index (χ1v) is 8.52. The quantitative estimate of drug-likeness (QED) is 0.683. The highest BCUT2D eigenvalue weighted by atomic mass is 32.1. The Hall–Kier alpha value is -2.71. The third-order valence-electron chi connectivity index (χ3n) is 3.36. The molecule has 0 spiro atoms. The van der Waals surface area contributed by atoms with E-state index >= 15 is 0 Å². The van der Waals surface area contributed by atoms with Crippen LogP contribution in [0.25, 0.3) is 10.2 Å². The molecule has 0 fully saturated rings. The minimum Gasteiger partial charge on any atom is -0.497 e. The number of para-hydroxylation sites is 1. The van der Waals surface area contributed by atoms with E-state index in [1.807, 2.05) is 24.3 Å². The third kappa shape index (κ3) is 4.04. The second kappa shape index (κ2) is 7.45. The number of hydrogen-bond acceptors (Lipinski definition) is 6. The summed E-state index contributed by atoms with van der Waals surface area (Å²) in [6.07, 6.45) is 0. The number of amides is 1. The van der Waals surface area contributed by atoms with Gasteiger partial charge in [-0.05, 0) is 36.5 Å². The predicted octanol–water partition coefficient (Wildman–Crippen LogP) is 3.44. The molecule has 0 saturated carbocycles. The van der Waals surface area contributed by atoms with Crippen LogP contribution in [0.4, 0.5) is 5.13 Å². The van der Waals surface area contributed by atoms with Gasteiger partial charge in [0.05, 0.1) is 24.4 Å². The summed E-state index contributed by atoms with van der Waals surface area (Å²) < 4.78 is 11.4. The summed E-state index contributed by atoms with van der Waals surface area (Å²) in [6, 6.07) is 12.7. The van der Waals surface area contributed by atoms with Gasteiger partial charge in [0, 0.05) is 11.6 Å². The van der Waals surface area contributed by atoms with E-state index in [2.05, 4.69) is 15.6 Å². The molecule has 1 heterocycles. The molecule has 3 aromatic rings. The fourth-order valence-electron chi connectivity index (χ4n) is 2.17. The number of hydrogen-bond donors (Lipinski definition) is 2. The zero-order valence-electron chi connectivity index (χ0n) is 13.5. The largest absolute Gasteiger partial charge is 0.497 e. The minimum atomic E-state index is -0.365. The van der Waals surface area contributed by atoms with Crippen molar-refractivity contribution in [2.45, 2.75) is 0 Å². The van der Waals surface area contributed by atoms with E-state index in [0.29, 0.717) is 22.2 Å². The number of carbonyl (C=O) groups is 1. The molecule has 1 amide bonds. The summed E-state index contributed by atoms with van der Waals surface area (Å²) in [6.45, 7) is 0. The Morgan fingerprint density at radius 1 is 1.12 bits per heavy atom. The van der Waals surface area contributed by atoms with Crippen molar-refractivity contribution in [3.63, 3.8) is 0 Å². The Labute approximate surface area is 153 Å². The zero-order chi connectivity index (χ0) is 17.8. The molecule has 6 nitrogen and oxygen atoms in total. The number of methoxy groups -OCH3 is 2. The van der Waals surface area contributed by atoms with E-state index < -0.39 is 0 Å². The van der Waals surface area contributed by atoms with Gasteiger partial charge in [0.15, 0.2) is 10.2 Å². The minimum absolute atomic E-state index is 0.172. The summed E-state index contributed by atoms with van der Waals surface area (Å²) in [5, 5.41) is 6.35. The molecular formula is C17H15N3O3S2. The fourth-order valence-corrected chi connectivity index (χ4v) is 3.29. The van der Waals surface area contributed by atoms with E-state index in [1.54, 1.807) is 18.2 Å². The standard InChI is InChI=1S/C17H15N3O3S2/c1-22-11-7-10(8-12(9-11)23-2)15(21)19-16(24)20-17-18-13-5-3-4-6-14(13)25-17/h3-9H,1-2H3,(H2,18,19,20,21,24). The predicted molar refractivity (Wildman–Crippen MR) is 103 cm³/mol. The van der Waals surface area contributed by atoms with Crippen LogP contribution < -0.4 is 20.1 Å². The number of benzene rings is 2. The number of rotatable bonds is 4. The molecule has 0 aliphatic rings. The first-order valence-electron chi connectivity index (χ1n) is 7.30. The topological polar surface area (TPSA) is 72.5 Å². The molecule has 0 aliphatic heterocycles. The van der Waals surface area contributed by atoms with Crippen molar-refractivity contribution in [3.05, 3.63) is 48.0 Å². The van der Waals surface area contributed by atoms with Crippen LogP contribution in [0.1, 0.15) is 10.4 Å². The molecule has 0 aliphatic carbocycles. The van der Waals surface area contributed by atoms with Crippen LogP contribution in [-0.2, 0) is 0 Å². The van der Waals surface area contributed by atoms with Gasteiger partial charge in [-0.15, -0.1) is 0 Å². The van der Waals surface area contributed by atoms with Crippen molar-refractivity contribution in [3.8, 4) is 11.5 Å². The van der Waals surface area contributed by atoms with E-state index in [0.717, 1.165) is 10.2 Å². The van der Waals surface area contributed by atoms with Crippen LogP contribution in [0.5, 0.6) is 11.5 Å². The summed E-state index contributed by atoms with van der Waals surface area (Å²) in [5.41, 5.74) is 1.26. The Balaban J connectivity index is 1.71. The summed E-state index contributed by atoms with van der Waals surface area (Å²) >= 11 is 6.66. The smallest absolute Gasteiger partial charge is 0.257 e. The van der Waals surface area contributed by atoms with Crippen LogP contribution in [0, 0.1) is 0 Å². The normalized spacial score (nSPS) is 10.3. The number of thiazole rings is 1. The van der Waals surface area contributed by atoms with Crippen molar-refractivity contribution in [1.29, 1.82) is 0 Å². The highest BCUT2D eigenvalue weighted by Crippen LogP contribution is 2.25. The molecule has 0 atom stereocenters. The lowest BCUT2D eigenvalue weighted by Gasteiger charge is -2.10. The molecule has 2 aromatic carbocycles.